The fourth-order valence-corrected chi connectivity index (χ4v) is 2.23. The van der Waals surface area contributed by atoms with Gasteiger partial charge in [-0.15, -0.1) is 11.8 Å². The molecule has 0 aliphatic carbocycles. The van der Waals surface area contributed by atoms with Crippen LogP contribution in [-0.4, -0.2) is 39.6 Å². The van der Waals surface area contributed by atoms with E-state index in [0.717, 1.165) is 23.0 Å². The summed E-state index contributed by atoms with van der Waals surface area (Å²) in [4.78, 5) is 0. The van der Waals surface area contributed by atoms with Crippen molar-refractivity contribution < 1.29 is 23.7 Å². The van der Waals surface area contributed by atoms with Gasteiger partial charge >= 0.3 is 0 Å². The topological polar surface area (TPSA) is 46.2 Å². The fourth-order valence-electron chi connectivity index (χ4n) is 2.23. The zero-order valence-electron chi connectivity index (χ0n) is 16.9. The maximum Gasteiger partial charge on any atom is 0.149 e. The highest BCUT2D eigenvalue weighted by Crippen LogP contribution is 2.20. The molecule has 0 aliphatic rings. The van der Waals surface area contributed by atoms with E-state index in [2.05, 4.69) is 23.7 Å². The Morgan fingerprint density at radius 1 is 0.586 bits per heavy atom. The van der Waals surface area contributed by atoms with Gasteiger partial charge < -0.3 is 23.7 Å². The second kappa shape index (κ2) is 13.8. The summed E-state index contributed by atoms with van der Waals surface area (Å²) in [6.45, 7) is 6.12. The van der Waals surface area contributed by atoms with Gasteiger partial charge in [0.15, 0.2) is 0 Å². The van der Waals surface area contributed by atoms with Crippen LogP contribution in [0.1, 0.15) is 13.8 Å². The average Bonchev–Trinajstić information content (AvgIpc) is 2.74. The molecule has 0 heterocycles. The van der Waals surface area contributed by atoms with Crippen LogP contribution < -0.4 is 18.9 Å². The van der Waals surface area contributed by atoms with Crippen molar-refractivity contribution in [1.29, 1.82) is 0 Å². The van der Waals surface area contributed by atoms with Crippen LogP contribution in [-0.2, 0) is 4.74 Å². The van der Waals surface area contributed by atoms with E-state index in [4.69, 9.17) is 23.7 Å². The van der Waals surface area contributed by atoms with Gasteiger partial charge in [-0.05, 0) is 38.1 Å². The minimum Gasteiger partial charge on any atom is -0.491 e. The smallest absolute Gasteiger partial charge is 0.149 e. The Morgan fingerprint density at radius 3 is 1.41 bits per heavy atom. The summed E-state index contributed by atoms with van der Waals surface area (Å²) in [6.07, 6.45) is 0. The van der Waals surface area contributed by atoms with Crippen molar-refractivity contribution in [1.82, 2.24) is 0 Å². The highest BCUT2D eigenvalue weighted by Gasteiger charge is 2.00. The molecule has 29 heavy (non-hydrogen) atoms. The highest BCUT2D eigenvalue weighted by atomic mass is 16.5. The number of ether oxygens (including phenoxy) is 5. The predicted molar refractivity (Wildman–Crippen MR) is 113 cm³/mol. The molecule has 0 unspecified atom stereocenters. The second-order valence-electron chi connectivity index (χ2n) is 5.69. The molecule has 2 rings (SSSR count). The van der Waals surface area contributed by atoms with Crippen molar-refractivity contribution in [3.8, 4) is 46.7 Å². The van der Waals surface area contributed by atoms with Crippen molar-refractivity contribution in [2.75, 3.05) is 39.6 Å². The zero-order chi connectivity index (χ0) is 20.6. The van der Waals surface area contributed by atoms with Gasteiger partial charge in [-0.2, -0.15) is 0 Å². The van der Waals surface area contributed by atoms with E-state index in [0.29, 0.717) is 39.6 Å². The molecule has 0 spiro atoms. The maximum atomic E-state index is 5.67. The Balaban J connectivity index is 1.59. The summed E-state index contributed by atoms with van der Waals surface area (Å²) < 4.78 is 27.9. The summed E-state index contributed by atoms with van der Waals surface area (Å²) in [5, 5.41) is 0. The molecule has 0 bridgehead atoms. The molecule has 0 N–H and O–H groups in total. The van der Waals surface area contributed by atoms with E-state index < -0.39 is 0 Å². The standard InChI is InChI=1S/C24H26O5/c1-3-5-13-26-21-9-7-11-23(19-21)28-17-15-25-16-18-29-24-12-8-10-22(20-24)27-14-6-4-2/h7-12,19-20H,13-18H2,1-2H3. The Bertz CT molecular complexity index is 783. The third-order valence-corrected chi connectivity index (χ3v) is 3.58. The monoisotopic (exact) mass is 394 g/mol. The molecule has 2 aromatic carbocycles. The molecule has 0 atom stereocenters. The van der Waals surface area contributed by atoms with Crippen LogP contribution in [0.2, 0.25) is 0 Å². The summed E-state index contributed by atoms with van der Waals surface area (Å²) in [5.41, 5.74) is 0. The quantitative estimate of drug-likeness (QED) is 0.403. The van der Waals surface area contributed by atoms with Gasteiger partial charge in [-0.3, -0.25) is 0 Å². The van der Waals surface area contributed by atoms with Crippen LogP contribution in [0.25, 0.3) is 0 Å². The summed E-state index contributed by atoms with van der Waals surface area (Å²) in [6, 6.07) is 14.9. The molecule has 0 amide bonds. The lowest BCUT2D eigenvalue weighted by atomic mass is 10.3. The van der Waals surface area contributed by atoms with Crippen molar-refractivity contribution in [3.05, 3.63) is 48.5 Å². The minimum absolute atomic E-state index is 0.366. The first-order chi connectivity index (χ1) is 14.3. The van der Waals surface area contributed by atoms with Crippen molar-refractivity contribution in [2.24, 2.45) is 0 Å². The molecule has 0 aliphatic heterocycles. The lowest BCUT2D eigenvalue weighted by molar-refractivity contribution is 0.0763. The van der Waals surface area contributed by atoms with E-state index in [1.165, 1.54) is 0 Å². The molecular formula is C24H26O5. The normalized spacial score (nSPS) is 9.45. The van der Waals surface area contributed by atoms with Crippen LogP contribution in [0.5, 0.6) is 23.0 Å². The molecular weight excluding hydrogens is 368 g/mol. The minimum atomic E-state index is 0.366. The molecule has 0 radical (unpaired) electrons. The van der Waals surface area contributed by atoms with Gasteiger partial charge in [0.25, 0.3) is 0 Å². The molecule has 0 aromatic heterocycles. The molecule has 5 nitrogen and oxygen atoms in total. The number of hydrogen-bond donors (Lipinski definition) is 0. The van der Waals surface area contributed by atoms with Gasteiger partial charge in [-0.25, -0.2) is 0 Å². The van der Waals surface area contributed by atoms with E-state index >= 15 is 0 Å². The summed E-state index contributed by atoms with van der Waals surface area (Å²) >= 11 is 0. The van der Waals surface area contributed by atoms with Crippen molar-refractivity contribution in [3.63, 3.8) is 0 Å². The van der Waals surface area contributed by atoms with E-state index in [-0.39, 0.29) is 0 Å². The first kappa shape index (κ1) is 22.0. The number of hydrogen-bond acceptors (Lipinski definition) is 5. The predicted octanol–water partition coefficient (Wildman–Crippen LogP) is 3.97. The highest BCUT2D eigenvalue weighted by molar-refractivity contribution is 5.34. The van der Waals surface area contributed by atoms with Crippen LogP contribution in [0.3, 0.4) is 0 Å². The third-order valence-electron chi connectivity index (χ3n) is 3.58. The molecule has 5 heteroatoms. The van der Waals surface area contributed by atoms with Crippen LogP contribution in [0.4, 0.5) is 0 Å². The largest absolute Gasteiger partial charge is 0.491 e. The van der Waals surface area contributed by atoms with Gasteiger partial charge in [0.2, 0.25) is 0 Å². The lowest BCUT2D eigenvalue weighted by Crippen LogP contribution is -2.12. The Labute approximate surface area is 172 Å². The summed E-state index contributed by atoms with van der Waals surface area (Å²) in [7, 11) is 0. The van der Waals surface area contributed by atoms with Crippen LogP contribution >= 0.6 is 0 Å². The Kier molecular flexibility index (Phi) is 10.5. The molecule has 0 saturated heterocycles. The zero-order valence-corrected chi connectivity index (χ0v) is 16.9. The van der Waals surface area contributed by atoms with Crippen molar-refractivity contribution in [2.45, 2.75) is 13.8 Å². The second-order valence-corrected chi connectivity index (χ2v) is 5.69. The molecule has 0 saturated carbocycles. The first-order valence-electron chi connectivity index (χ1n) is 9.40. The Morgan fingerprint density at radius 2 is 1.00 bits per heavy atom. The van der Waals surface area contributed by atoms with Gasteiger partial charge in [0.1, 0.15) is 49.4 Å². The number of benzene rings is 2. The molecule has 152 valence electrons. The first-order valence-corrected chi connectivity index (χ1v) is 9.40. The van der Waals surface area contributed by atoms with Gasteiger partial charge in [0, 0.05) is 12.1 Å². The molecule has 0 fully saturated rings. The fraction of sp³-hybridized carbons (Fsp3) is 0.333. The SMILES string of the molecule is CC#CCOc1cccc(OCCOCCOc2cccc(OCC#CC)c2)c1. The summed E-state index contributed by atoms with van der Waals surface area (Å²) in [5.74, 6) is 14.2. The van der Waals surface area contributed by atoms with Gasteiger partial charge in [0.05, 0.1) is 13.2 Å². The Hall–Kier alpha value is -3.28. The average molecular weight is 394 g/mol. The van der Waals surface area contributed by atoms with Crippen molar-refractivity contribution >= 4 is 0 Å². The number of rotatable bonds is 12. The van der Waals surface area contributed by atoms with Gasteiger partial charge in [-0.1, -0.05) is 24.0 Å². The van der Waals surface area contributed by atoms with E-state index in [1.54, 1.807) is 13.8 Å². The molecule has 2 aromatic rings. The maximum absolute atomic E-state index is 5.67. The van der Waals surface area contributed by atoms with Crippen LogP contribution in [0.15, 0.2) is 48.5 Å². The van der Waals surface area contributed by atoms with Crippen LogP contribution in [0, 0.1) is 23.7 Å². The van der Waals surface area contributed by atoms with E-state index in [9.17, 15) is 0 Å². The lowest BCUT2D eigenvalue weighted by Gasteiger charge is -2.10. The van der Waals surface area contributed by atoms with E-state index in [1.807, 2.05) is 48.5 Å². The third kappa shape index (κ3) is 9.46.